The quantitative estimate of drug-likeness (QED) is 0.663. The van der Waals surface area contributed by atoms with E-state index in [4.69, 9.17) is 15.2 Å². The Morgan fingerprint density at radius 3 is 2.88 bits per heavy atom. The number of hydrogen-bond acceptors (Lipinski definition) is 6. The Morgan fingerprint density at radius 2 is 2.12 bits per heavy atom. The second-order valence-corrected chi connectivity index (χ2v) is 7.38. The van der Waals surface area contributed by atoms with Gasteiger partial charge in [-0.2, -0.15) is 9.97 Å². The Balaban J connectivity index is 1.41. The summed E-state index contributed by atoms with van der Waals surface area (Å²) in [6, 6.07) is 0.253. The first-order valence-electron chi connectivity index (χ1n) is 9.71. The third kappa shape index (κ3) is 4.00. The van der Waals surface area contributed by atoms with Crippen molar-refractivity contribution in [1.29, 1.82) is 0 Å². The third-order valence-corrected chi connectivity index (χ3v) is 5.27. The van der Waals surface area contributed by atoms with Gasteiger partial charge in [0.05, 0.1) is 12.7 Å². The first-order chi connectivity index (χ1) is 12.7. The van der Waals surface area contributed by atoms with Crippen LogP contribution in [-0.2, 0) is 11.3 Å². The molecule has 2 aromatic heterocycles. The first kappa shape index (κ1) is 17.3. The first-order valence-corrected chi connectivity index (χ1v) is 9.71. The number of nitrogen functional groups attached to an aromatic ring is 1. The lowest BCUT2D eigenvalue weighted by Gasteiger charge is -2.09. The molecule has 1 aliphatic carbocycles. The smallest absolute Gasteiger partial charge is 0.327 e. The molecule has 2 fully saturated rings. The van der Waals surface area contributed by atoms with Crippen LogP contribution in [0.3, 0.4) is 0 Å². The van der Waals surface area contributed by atoms with E-state index in [0.29, 0.717) is 30.4 Å². The summed E-state index contributed by atoms with van der Waals surface area (Å²) in [4.78, 5) is 23.6. The normalized spacial score (nSPS) is 20.1. The maximum atomic E-state index is 12.3. The van der Waals surface area contributed by atoms with Crippen molar-refractivity contribution in [1.82, 2.24) is 19.5 Å². The van der Waals surface area contributed by atoms with Crippen molar-refractivity contribution in [3.63, 3.8) is 0 Å². The van der Waals surface area contributed by atoms with Crippen LogP contribution in [0.2, 0.25) is 0 Å². The van der Waals surface area contributed by atoms with Gasteiger partial charge in [0, 0.05) is 13.2 Å². The average Bonchev–Trinajstić information content (AvgIpc) is 3.18. The summed E-state index contributed by atoms with van der Waals surface area (Å²) in [5.41, 5.74) is 6.81. The molecular weight excluding hydrogens is 334 g/mol. The fraction of sp³-hybridized carbons (Fsp3) is 0.722. The summed E-state index contributed by atoms with van der Waals surface area (Å²) in [5.74, 6) is 1.04. The second-order valence-electron chi connectivity index (χ2n) is 7.38. The molecule has 4 rings (SSSR count). The molecule has 8 nitrogen and oxygen atoms in total. The molecule has 0 bridgehead atoms. The molecule has 1 unspecified atom stereocenters. The lowest BCUT2D eigenvalue weighted by atomic mass is 10.1. The summed E-state index contributed by atoms with van der Waals surface area (Å²) in [5, 5.41) is 0. The molecular formula is C18H27N5O3. The van der Waals surface area contributed by atoms with Gasteiger partial charge in [0.25, 0.3) is 0 Å². The van der Waals surface area contributed by atoms with Gasteiger partial charge in [-0.25, -0.2) is 4.79 Å². The highest BCUT2D eigenvalue weighted by molar-refractivity contribution is 5.81. The number of imidazole rings is 1. The number of aryl methyl sites for hydroxylation is 1. The molecule has 2 aromatic rings. The van der Waals surface area contributed by atoms with Gasteiger partial charge >= 0.3 is 11.7 Å². The van der Waals surface area contributed by atoms with Crippen LogP contribution in [0, 0.1) is 5.92 Å². The Kier molecular flexibility index (Phi) is 5.10. The third-order valence-electron chi connectivity index (χ3n) is 5.27. The van der Waals surface area contributed by atoms with Gasteiger partial charge in [-0.1, -0.05) is 12.8 Å². The predicted octanol–water partition coefficient (Wildman–Crippen LogP) is 2.23. The number of ether oxygens (including phenoxy) is 2. The highest BCUT2D eigenvalue weighted by atomic mass is 16.5. The van der Waals surface area contributed by atoms with E-state index in [-0.39, 0.29) is 17.5 Å². The maximum absolute atomic E-state index is 12.3. The fourth-order valence-electron chi connectivity index (χ4n) is 3.54. The van der Waals surface area contributed by atoms with Crippen LogP contribution in [0.25, 0.3) is 11.2 Å². The Labute approximate surface area is 152 Å². The second kappa shape index (κ2) is 7.65. The van der Waals surface area contributed by atoms with E-state index in [0.717, 1.165) is 51.0 Å². The number of aromatic amines is 1. The Bertz CT molecular complexity index is 805. The Hall–Kier alpha value is -2.09. The van der Waals surface area contributed by atoms with Crippen LogP contribution in [0.5, 0.6) is 6.01 Å². The number of nitrogens with one attached hydrogen (secondary N) is 1. The van der Waals surface area contributed by atoms with Gasteiger partial charge in [0.2, 0.25) is 0 Å². The molecule has 0 amide bonds. The maximum Gasteiger partial charge on any atom is 0.327 e. The van der Waals surface area contributed by atoms with Gasteiger partial charge in [-0.3, -0.25) is 4.57 Å². The zero-order valence-corrected chi connectivity index (χ0v) is 15.1. The largest absolute Gasteiger partial charge is 0.463 e. The summed E-state index contributed by atoms with van der Waals surface area (Å²) in [6.07, 6.45) is 9.25. The van der Waals surface area contributed by atoms with Crippen LogP contribution in [0.4, 0.5) is 5.82 Å². The molecule has 26 heavy (non-hydrogen) atoms. The SMILES string of the molecule is Nc1nc(OCCC2CC2)nc2c1[nH]c(=O)n2CCCCC1CCCO1. The van der Waals surface area contributed by atoms with E-state index in [1.54, 1.807) is 4.57 Å². The number of fused-ring (bicyclic) bond motifs is 1. The topological polar surface area (TPSA) is 108 Å². The van der Waals surface area contributed by atoms with Crippen molar-refractivity contribution in [2.24, 2.45) is 5.92 Å². The molecule has 0 radical (unpaired) electrons. The minimum Gasteiger partial charge on any atom is -0.463 e. The summed E-state index contributed by atoms with van der Waals surface area (Å²) < 4.78 is 12.9. The molecule has 8 heteroatoms. The molecule has 2 aliphatic rings. The van der Waals surface area contributed by atoms with Gasteiger partial charge in [-0.05, 0) is 44.4 Å². The Morgan fingerprint density at radius 1 is 1.23 bits per heavy atom. The minimum absolute atomic E-state index is 0.201. The predicted molar refractivity (Wildman–Crippen MR) is 98.2 cm³/mol. The van der Waals surface area contributed by atoms with E-state index in [1.807, 2.05) is 0 Å². The molecule has 1 saturated heterocycles. The van der Waals surface area contributed by atoms with E-state index < -0.39 is 0 Å². The van der Waals surface area contributed by atoms with Gasteiger partial charge < -0.3 is 20.2 Å². The van der Waals surface area contributed by atoms with E-state index in [2.05, 4.69) is 15.0 Å². The zero-order chi connectivity index (χ0) is 17.9. The molecule has 0 aromatic carbocycles. The lowest BCUT2D eigenvalue weighted by Crippen LogP contribution is -2.17. The van der Waals surface area contributed by atoms with Gasteiger partial charge in [0.1, 0.15) is 5.52 Å². The highest BCUT2D eigenvalue weighted by Crippen LogP contribution is 2.32. The van der Waals surface area contributed by atoms with E-state index in [1.165, 1.54) is 12.8 Å². The fourth-order valence-corrected chi connectivity index (χ4v) is 3.54. The number of nitrogens with zero attached hydrogens (tertiary/aromatic N) is 3. The monoisotopic (exact) mass is 361 g/mol. The molecule has 3 heterocycles. The van der Waals surface area contributed by atoms with E-state index in [9.17, 15) is 4.79 Å². The summed E-state index contributed by atoms with van der Waals surface area (Å²) in [6.45, 7) is 2.07. The van der Waals surface area contributed by atoms with Crippen molar-refractivity contribution < 1.29 is 9.47 Å². The molecule has 1 aliphatic heterocycles. The molecule has 3 N–H and O–H groups in total. The lowest BCUT2D eigenvalue weighted by molar-refractivity contribution is 0.102. The minimum atomic E-state index is -0.201. The van der Waals surface area contributed by atoms with Crippen molar-refractivity contribution in [2.45, 2.75) is 64.0 Å². The number of hydrogen-bond donors (Lipinski definition) is 2. The number of nitrogens with two attached hydrogens (primary N) is 1. The molecule has 0 spiro atoms. The number of aromatic nitrogens is 4. The van der Waals surface area contributed by atoms with Crippen LogP contribution in [0.15, 0.2) is 4.79 Å². The van der Waals surface area contributed by atoms with Gasteiger partial charge in [0.15, 0.2) is 11.5 Å². The van der Waals surface area contributed by atoms with Crippen LogP contribution in [0.1, 0.15) is 51.4 Å². The summed E-state index contributed by atoms with van der Waals surface area (Å²) >= 11 is 0. The zero-order valence-electron chi connectivity index (χ0n) is 15.1. The molecule has 1 atom stereocenters. The number of rotatable bonds is 9. The van der Waals surface area contributed by atoms with Crippen molar-refractivity contribution >= 4 is 17.0 Å². The number of unbranched alkanes of at least 4 members (excludes halogenated alkanes) is 1. The van der Waals surface area contributed by atoms with E-state index >= 15 is 0 Å². The molecule has 142 valence electrons. The van der Waals surface area contributed by atoms with Crippen LogP contribution in [-0.4, -0.2) is 38.8 Å². The average molecular weight is 361 g/mol. The van der Waals surface area contributed by atoms with Crippen molar-refractivity contribution in [3.05, 3.63) is 10.5 Å². The van der Waals surface area contributed by atoms with Crippen molar-refractivity contribution in [2.75, 3.05) is 18.9 Å². The number of anilines is 1. The highest BCUT2D eigenvalue weighted by Gasteiger charge is 2.21. The van der Waals surface area contributed by atoms with Gasteiger partial charge in [-0.15, -0.1) is 0 Å². The standard InChI is InChI=1S/C18H27N5O3/c19-15-14-16(22-17(21-15)26-11-8-12-6-7-12)23(18(24)20-14)9-2-1-4-13-5-3-10-25-13/h12-13H,1-11H2,(H,20,24)(H2,19,21,22). The summed E-state index contributed by atoms with van der Waals surface area (Å²) in [7, 11) is 0. The molecule has 1 saturated carbocycles. The van der Waals surface area contributed by atoms with Crippen molar-refractivity contribution in [3.8, 4) is 6.01 Å². The number of H-pyrrole nitrogens is 1. The van der Waals surface area contributed by atoms with Crippen LogP contribution >= 0.6 is 0 Å². The van der Waals surface area contributed by atoms with Crippen LogP contribution < -0.4 is 16.2 Å².